The van der Waals surface area contributed by atoms with Crippen molar-refractivity contribution >= 4 is 12.1 Å². The summed E-state index contributed by atoms with van der Waals surface area (Å²) in [7, 11) is 0. The van der Waals surface area contributed by atoms with Crippen LogP contribution in [0.3, 0.4) is 0 Å². The maximum absolute atomic E-state index is 13.0. The third-order valence-electron chi connectivity index (χ3n) is 12.3. The maximum Gasteiger partial charge on any atom is 0.138 e. The molecule has 1 aliphatic heterocycles. The molecule has 0 aromatic rings. The van der Waals surface area contributed by atoms with Crippen molar-refractivity contribution in [1.82, 2.24) is 0 Å². The van der Waals surface area contributed by atoms with E-state index in [-0.39, 0.29) is 40.2 Å². The molecule has 0 spiro atoms. The fourth-order valence-corrected chi connectivity index (χ4v) is 10.1. The van der Waals surface area contributed by atoms with Crippen LogP contribution in [0.1, 0.15) is 93.4 Å². The molecule has 0 aromatic carbocycles. The normalized spacial score (nSPS) is 51.1. The van der Waals surface area contributed by atoms with Crippen molar-refractivity contribution in [2.75, 3.05) is 0 Å². The Labute approximate surface area is 211 Å². The molecular weight excluding hydrogens is 440 g/mol. The van der Waals surface area contributed by atoms with Crippen LogP contribution < -0.4 is 0 Å². The van der Waals surface area contributed by atoms with Crippen molar-refractivity contribution < 1.29 is 24.5 Å². The van der Waals surface area contributed by atoms with Crippen LogP contribution in [0.4, 0.5) is 0 Å². The number of epoxide rings is 1. The first kappa shape index (κ1) is 25.6. The fraction of sp³-hybridized carbons (Fsp3) is 0.867. The highest BCUT2D eigenvalue weighted by Crippen LogP contribution is 2.75. The van der Waals surface area contributed by atoms with E-state index in [0.717, 1.165) is 32.0 Å². The Balaban J connectivity index is 1.49. The number of allylic oxidation sites excluding steroid dienone is 1. The summed E-state index contributed by atoms with van der Waals surface area (Å²) in [5, 5.41) is 22.6. The minimum Gasteiger partial charge on any atom is -0.393 e. The Kier molecular flexibility index (Phi) is 5.66. The number of aliphatic hydroxyl groups is 2. The van der Waals surface area contributed by atoms with Gasteiger partial charge in [-0.25, -0.2) is 0 Å². The molecule has 0 bridgehead atoms. The number of carbonyl (C=O) groups is 2. The van der Waals surface area contributed by atoms with Crippen molar-refractivity contribution in [2.24, 2.45) is 45.3 Å². The van der Waals surface area contributed by atoms with Gasteiger partial charge in [-0.3, -0.25) is 4.79 Å². The Morgan fingerprint density at radius 1 is 1.06 bits per heavy atom. The smallest absolute Gasteiger partial charge is 0.138 e. The van der Waals surface area contributed by atoms with E-state index in [4.69, 9.17) is 4.74 Å². The van der Waals surface area contributed by atoms with Gasteiger partial charge in [-0.1, -0.05) is 39.3 Å². The minimum atomic E-state index is -0.633. The first-order valence-corrected chi connectivity index (χ1v) is 13.9. The highest BCUT2D eigenvalue weighted by molar-refractivity contribution is 5.87. The summed E-state index contributed by atoms with van der Waals surface area (Å²) in [6.07, 6.45) is 7.46. The highest BCUT2D eigenvalue weighted by atomic mass is 16.6. The molecule has 5 rings (SSSR count). The van der Waals surface area contributed by atoms with Crippen LogP contribution in [0.2, 0.25) is 0 Å². The van der Waals surface area contributed by atoms with E-state index in [9.17, 15) is 19.8 Å². The molecule has 5 nitrogen and oxygen atoms in total. The molecule has 5 aliphatic rings. The third-order valence-corrected chi connectivity index (χ3v) is 12.3. The fourth-order valence-electron chi connectivity index (χ4n) is 10.1. The summed E-state index contributed by atoms with van der Waals surface area (Å²) in [5.74, 6) is 0.778. The lowest BCUT2D eigenvalue weighted by atomic mass is 9.35. The van der Waals surface area contributed by atoms with E-state index in [1.807, 2.05) is 33.8 Å². The van der Waals surface area contributed by atoms with Gasteiger partial charge in [-0.2, -0.15) is 0 Å². The number of hydrogen-bond acceptors (Lipinski definition) is 5. The van der Waals surface area contributed by atoms with Crippen molar-refractivity contribution in [3.63, 3.8) is 0 Å². The molecule has 5 fully saturated rings. The maximum atomic E-state index is 13.0. The summed E-state index contributed by atoms with van der Waals surface area (Å²) in [6.45, 7) is 14.9. The summed E-state index contributed by atoms with van der Waals surface area (Å²) in [5.41, 5.74) is -0.382. The predicted molar refractivity (Wildman–Crippen MR) is 135 cm³/mol. The molecule has 35 heavy (non-hydrogen) atoms. The minimum absolute atomic E-state index is 0.00231. The van der Waals surface area contributed by atoms with Gasteiger partial charge in [0, 0.05) is 23.2 Å². The van der Waals surface area contributed by atoms with E-state index in [1.165, 1.54) is 5.57 Å². The van der Waals surface area contributed by atoms with Crippen LogP contribution in [-0.4, -0.2) is 46.2 Å². The van der Waals surface area contributed by atoms with Gasteiger partial charge in [0.15, 0.2) is 0 Å². The number of aliphatic hydroxyl groups excluding tert-OH is 2. The van der Waals surface area contributed by atoms with Crippen LogP contribution in [-0.2, 0) is 14.3 Å². The van der Waals surface area contributed by atoms with Gasteiger partial charge >= 0.3 is 0 Å². The Bertz CT molecular complexity index is 950. The third kappa shape index (κ3) is 3.29. The second kappa shape index (κ2) is 7.74. The molecule has 5 heteroatoms. The van der Waals surface area contributed by atoms with Gasteiger partial charge in [-0.05, 0) is 87.9 Å². The number of aldehydes is 1. The van der Waals surface area contributed by atoms with Crippen LogP contribution >= 0.6 is 0 Å². The van der Waals surface area contributed by atoms with Gasteiger partial charge in [0.1, 0.15) is 24.3 Å². The molecule has 196 valence electrons. The average molecular weight is 487 g/mol. The van der Waals surface area contributed by atoms with Crippen LogP contribution in [0.15, 0.2) is 11.6 Å². The second-order valence-corrected chi connectivity index (χ2v) is 14.4. The summed E-state index contributed by atoms with van der Waals surface area (Å²) >= 11 is 0. The number of hydrogen-bond donors (Lipinski definition) is 2. The Morgan fingerprint density at radius 2 is 1.69 bits per heavy atom. The SMILES string of the molecule is C/C(=C/[C@H](O)C1OC1(C)C)[C@H]1CC[C@]2(C)[C@@H]1C[C@@H](O)[C@@H]1[C@@]3(C=O)CCC(=O)C(C)(C)[C@@H]3CC[C@]12C. The largest absolute Gasteiger partial charge is 0.393 e. The number of ether oxygens (including phenoxy) is 1. The zero-order valence-electron chi connectivity index (χ0n) is 22.8. The second-order valence-electron chi connectivity index (χ2n) is 14.4. The van der Waals surface area contributed by atoms with Gasteiger partial charge in [-0.15, -0.1) is 0 Å². The highest BCUT2D eigenvalue weighted by Gasteiger charge is 2.72. The number of carbonyl (C=O) groups excluding carboxylic acids is 2. The van der Waals surface area contributed by atoms with Gasteiger partial charge in [0.25, 0.3) is 0 Å². The molecule has 0 aromatic heterocycles. The molecule has 0 amide bonds. The van der Waals surface area contributed by atoms with Crippen molar-refractivity contribution in [3.05, 3.63) is 11.6 Å². The van der Waals surface area contributed by atoms with Gasteiger partial charge in [0.2, 0.25) is 0 Å². The van der Waals surface area contributed by atoms with Gasteiger partial charge < -0.3 is 19.7 Å². The molecule has 0 radical (unpaired) electrons. The van der Waals surface area contributed by atoms with Crippen molar-refractivity contribution in [3.8, 4) is 0 Å². The van der Waals surface area contributed by atoms with Crippen molar-refractivity contribution in [2.45, 2.75) is 117 Å². The summed E-state index contributed by atoms with van der Waals surface area (Å²) in [4.78, 5) is 25.9. The summed E-state index contributed by atoms with van der Waals surface area (Å²) in [6, 6.07) is 0. The van der Waals surface area contributed by atoms with Crippen molar-refractivity contribution in [1.29, 1.82) is 0 Å². The molecule has 1 saturated heterocycles. The van der Waals surface area contributed by atoms with E-state index >= 15 is 0 Å². The first-order valence-electron chi connectivity index (χ1n) is 13.9. The number of Topliss-reactive ketones (excluding diaryl/α,β-unsaturated/α-hetero) is 1. The van der Waals surface area contributed by atoms with Gasteiger partial charge in [0.05, 0.1) is 11.7 Å². The Hall–Kier alpha value is -1.04. The monoisotopic (exact) mass is 486 g/mol. The van der Waals surface area contributed by atoms with Crippen LogP contribution in [0, 0.1) is 45.3 Å². The lowest BCUT2D eigenvalue weighted by Gasteiger charge is -2.69. The van der Waals surface area contributed by atoms with Crippen LogP contribution in [0.25, 0.3) is 0 Å². The molecule has 1 unspecified atom stereocenters. The quantitative estimate of drug-likeness (QED) is 0.336. The lowest BCUT2D eigenvalue weighted by Crippen LogP contribution is -2.68. The molecule has 10 atom stereocenters. The van der Waals surface area contributed by atoms with Crippen LogP contribution in [0.5, 0.6) is 0 Å². The standard InChI is InChI=1S/C30H46O5/c1-17(14-21(33)25-27(4,5)35-25)18-8-11-28(6)19(18)15-20(32)24-29(28,7)12-9-22-26(2,3)23(34)10-13-30(22,24)16-31/h14,16,18-22,24-25,32-33H,8-13,15H2,1-7H3/b17-14-/t18-,19-,20-,21+,22+,24+,25?,28-,29-,30-/m1/s1. The van der Waals surface area contributed by atoms with E-state index in [1.54, 1.807) is 0 Å². The molecule has 4 aliphatic carbocycles. The number of rotatable bonds is 4. The zero-order chi connectivity index (χ0) is 25.8. The first-order chi connectivity index (χ1) is 16.2. The Morgan fingerprint density at radius 3 is 2.29 bits per heavy atom. The zero-order valence-corrected chi connectivity index (χ0v) is 22.8. The topological polar surface area (TPSA) is 87.1 Å². The predicted octanol–water partition coefficient (Wildman–Crippen LogP) is 4.88. The average Bonchev–Trinajstić information content (AvgIpc) is 3.28. The number of fused-ring (bicyclic) bond motifs is 5. The van der Waals surface area contributed by atoms with E-state index in [2.05, 4.69) is 20.8 Å². The lowest BCUT2D eigenvalue weighted by molar-refractivity contribution is -0.231. The number of ketones is 1. The molecule has 1 heterocycles. The summed E-state index contributed by atoms with van der Waals surface area (Å²) < 4.78 is 5.67. The van der Waals surface area contributed by atoms with E-state index < -0.39 is 23.0 Å². The molecule has 2 N–H and O–H groups in total. The molecular formula is C30H46O5. The molecule has 4 saturated carbocycles. The van der Waals surface area contributed by atoms with E-state index in [0.29, 0.717) is 31.1 Å².